The molecule has 0 spiro atoms. The van der Waals surface area contributed by atoms with Crippen molar-refractivity contribution in [1.29, 1.82) is 0 Å². The Hall–Kier alpha value is -5.96. The van der Waals surface area contributed by atoms with E-state index < -0.39 is 0 Å². The average molecular weight is 630 g/mol. The summed E-state index contributed by atoms with van der Waals surface area (Å²) in [7, 11) is 0. The molecule has 48 heavy (non-hydrogen) atoms. The van der Waals surface area contributed by atoms with Crippen LogP contribution in [0.15, 0.2) is 188 Å². The summed E-state index contributed by atoms with van der Waals surface area (Å²) in [6.45, 7) is 0. The summed E-state index contributed by atoms with van der Waals surface area (Å²) in [5.41, 5.74) is 10.6. The molecular formula is C46H31NS. The van der Waals surface area contributed by atoms with Gasteiger partial charge in [-0.2, -0.15) is 0 Å². The van der Waals surface area contributed by atoms with Crippen molar-refractivity contribution < 1.29 is 0 Å². The molecule has 1 heterocycles. The lowest BCUT2D eigenvalue weighted by atomic mass is 9.99. The zero-order valence-corrected chi connectivity index (χ0v) is 27.1. The molecule has 0 bridgehead atoms. The summed E-state index contributed by atoms with van der Waals surface area (Å²) in [6.07, 6.45) is 0. The Kier molecular flexibility index (Phi) is 7.07. The third-order valence-corrected chi connectivity index (χ3v) is 10.4. The summed E-state index contributed by atoms with van der Waals surface area (Å²) >= 11 is 1.86. The van der Waals surface area contributed by atoms with Gasteiger partial charge in [-0.15, -0.1) is 11.3 Å². The van der Waals surface area contributed by atoms with E-state index in [1.165, 1.54) is 64.3 Å². The third-order valence-electron chi connectivity index (χ3n) is 9.23. The van der Waals surface area contributed by atoms with Crippen molar-refractivity contribution in [3.63, 3.8) is 0 Å². The van der Waals surface area contributed by atoms with Gasteiger partial charge in [0.1, 0.15) is 0 Å². The van der Waals surface area contributed by atoms with Crippen LogP contribution in [0.4, 0.5) is 17.1 Å². The second kappa shape index (κ2) is 12.0. The van der Waals surface area contributed by atoms with Gasteiger partial charge in [0.2, 0.25) is 0 Å². The molecule has 0 aliphatic rings. The molecule has 0 fully saturated rings. The van der Waals surface area contributed by atoms with E-state index in [4.69, 9.17) is 0 Å². The Bertz CT molecular complexity index is 2560. The van der Waals surface area contributed by atoms with E-state index in [-0.39, 0.29) is 0 Å². The monoisotopic (exact) mass is 629 g/mol. The summed E-state index contributed by atoms with van der Waals surface area (Å²) in [6, 6.07) is 68.2. The topological polar surface area (TPSA) is 3.24 Å². The lowest BCUT2D eigenvalue weighted by Gasteiger charge is -2.27. The lowest BCUT2D eigenvalue weighted by Crippen LogP contribution is -2.10. The Morgan fingerprint density at radius 2 is 0.833 bits per heavy atom. The average Bonchev–Trinajstić information content (AvgIpc) is 3.54. The van der Waals surface area contributed by atoms with Gasteiger partial charge in [0.25, 0.3) is 0 Å². The van der Waals surface area contributed by atoms with Gasteiger partial charge in [-0.1, -0.05) is 127 Å². The Labute approximate surface area is 284 Å². The minimum atomic E-state index is 1.11. The van der Waals surface area contributed by atoms with Gasteiger partial charge in [-0.05, 0) is 105 Å². The Morgan fingerprint density at radius 1 is 0.292 bits per heavy atom. The summed E-state index contributed by atoms with van der Waals surface area (Å²) in [5.74, 6) is 0. The van der Waals surface area contributed by atoms with E-state index in [1.807, 2.05) is 11.3 Å². The van der Waals surface area contributed by atoms with Crippen LogP contribution in [0, 0.1) is 0 Å². The molecule has 0 atom stereocenters. The highest BCUT2D eigenvalue weighted by Crippen LogP contribution is 2.41. The van der Waals surface area contributed by atoms with Crippen LogP contribution in [0.25, 0.3) is 64.3 Å². The second-order valence-electron chi connectivity index (χ2n) is 12.2. The highest BCUT2D eigenvalue weighted by molar-refractivity contribution is 7.25. The van der Waals surface area contributed by atoms with Crippen LogP contribution in [0.2, 0.25) is 0 Å². The van der Waals surface area contributed by atoms with E-state index in [1.54, 1.807) is 0 Å². The molecular weight excluding hydrogens is 599 g/mol. The maximum Gasteiger partial charge on any atom is 0.0467 e. The molecule has 0 radical (unpaired) electrons. The van der Waals surface area contributed by atoms with Crippen LogP contribution < -0.4 is 4.90 Å². The van der Waals surface area contributed by atoms with Gasteiger partial charge in [-0.25, -0.2) is 0 Å². The number of rotatable bonds is 6. The molecule has 9 rings (SSSR count). The van der Waals surface area contributed by atoms with E-state index in [0.29, 0.717) is 0 Å². The maximum absolute atomic E-state index is 2.38. The predicted molar refractivity (Wildman–Crippen MR) is 208 cm³/mol. The third kappa shape index (κ3) is 5.23. The van der Waals surface area contributed by atoms with E-state index in [9.17, 15) is 0 Å². The second-order valence-corrected chi connectivity index (χ2v) is 13.3. The van der Waals surface area contributed by atoms with Crippen molar-refractivity contribution in [2.75, 3.05) is 4.90 Å². The van der Waals surface area contributed by atoms with Crippen molar-refractivity contribution in [3.05, 3.63) is 188 Å². The highest BCUT2D eigenvalue weighted by Gasteiger charge is 2.16. The van der Waals surface area contributed by atoms with E-state index >= 15 is 0 Å². The van der Waals surface area contributed by atoms with Crippen molar-refractivity contribution in [3.8, 4) is 33.4 Å². The lowest BCUT2D eigenvalue weighted by molar-refractivity contribution is 1.28. The summed E-state index contributed by atoms with van der Waals surface area (Å²) < 4.78 is 2.65. The number of hydrogen-bond donors (Lipinski definition) is 0. The molecule has 0 saturated heterocycles. The molecule has 2 heteroatoms. The van der Waals surface area contributed by atoms with Gasteiger partial charge in [0.05, 0.1) is 0 Å². The number of nitrogens with zero attached hydrogens (tertiary/aromatic N) is 1. The van der Waals surface area contributed by atoms with Gasteiger partial charge in [-0.3, -0.25) is 0 Å². The molecule has 0 unspecified atom stereocenters. The molecule has 9 aromatic rings. The van der Waals surface area contributed by atoms with Crippen molar-refractivity contribution in [1.82, 2.24) is 0 Å². The molecule has 0 N–H and O–H groups in total. The standard InChI is InChI=1S/C46H31NS/c1-2-10-32(11-3-1)34-22-25-40(26-23-34)47(41-16-8-14-36(29-41)38-21-20-33-12-4-5-13-35(33)28-38)42-17-9-15-37(30-42)39-24-27-46-44(31-39)43-18-6-7-19-45(43)48-46/h1-31H. The first-order valence-electron chi connectivity index (χ1n) is 16.3. The first-order valence-corrected chi connectivity index (χ1v) is 17.2. The van der Waals surface area contributed by atoms with Gasteiger partial charge >= 0.3 is 0 Å². The number of benzene rings is 8. The Morgan fingerprint density at radius 3 is 1.60 bits per heavy atom. The fourth-order valence-electron chi connectivity index (χ4n) is 6.80. The summed E-state index contributed by atoms with van der Waals surface area (Å²) in [4.78, 5) is 2.38. The molecule has 1 aromatic heterocycles. The molecule has 0 amide bonds. The number of anilines is 3. The van der Waals surface area contributed by atoms with Crippen LogP contribution in [-0.2, 0) is 0 Å². The molecule has 0 aliphatic heterocycles. The highest BCUT2D eigenvalue weighted by atomic mass is 32.1. The van der Waals surface area contributed by atoms with Crippen LogP contribution in [-0.4, -0.2) is 0 Å². The number of thiophene rings is 1. The van der Waals surface area contributed by atoms with Crippen molar-refractivity contribution >= 4 is 59.3 Å². The number of fused-ring (bicyclic) bond motifs is 4. The zero-order chi connectivity index (χ0) is 31.9. The Balaban J connectivity index is 1.16. The van der Waals surface area contributed by atoms with Crippen LogP contribution in [0.3, 0.4) is 0 Å². The van der Waals surface area contributed by atoms with Crippen LogP contribution in [0.5, 0.6) is 0 Å². The zero-order valence-electron chi connectivity index (χ0n) is 26.3. The normalized spacial score (nSPS) is 11.3. The molecule has 0 saturated carbocycles. The SMILES string of the molecule is c1ccc(-c2ccc(N(c3cccc(-c4ccc5ccccc5c4)c3)c3cccc(-c4ccc5sc6ccccc6c5c4)c3)cc2)cc1. The summed E-state index contributed by atoms with van der Waals surface area (Å²) in [5, 5.41) is 5.14. The van der Waals surface area contributed by atoms with Crippen LogP contribution >= 0.6 is 11.3 Å². The largest absolute Gasteiger partial charge is 0.310 e. The first-order chi connectivity index (χ1) is 23.8. The number of hydrogen-bond acceptors (Lipinski definition) is 2. The fourth-order valence-corrected chi connectivity index (χ4v) is 7.89. The minimum Gasteiger partial charge on any atom is -0.310 e. The van der Waals surface area contributed by atoms with Gasteiger partial charge in [0, 0.05) is 37.2 Å². The van der Waals surface area contributed by atoms with Gasteiger partial charge in [0.15, 0.2) is 0 Å². The minimum absolute atomic E-state index is 1.11. The predicted octanol–water partition coefficient (Wildman–Crippen LogP) is 13.7. The smallest absolute Gasteiger partial charge is 0.0467 e. The molecule has 0 aliphatic carbocycles. The fraction of sp³-hybridized carbons (Fsp3) is 0. The van der Waals surface area contributed by atoms with Gasteiger partial charge < -0.3 is 4.90 Å². The molecule has 8 aromatic carbocycles. The van der Waals surface area contributed by atoms with Crippen molar-refractivity contribution in [2.45, 2.75) is 0 Å². The molecule has 1 nitrogen and oxygen atoms in total. The maximum atomic E-state index is 2.38. The van der Waals surface area contributed by atoms with E-state index in [0.717, 1.165) is 17.1 Å². The first kappa shape index (κ1) is 28.3. The quantitative estimate of drug-likeness (QED) is 0.177. The molecule has 226 valence electrons. The van der Waals surface area contributed by atoms with Crippen LogP contribution in [0.1, 0.15) is 0 Å². The van der Waals surface area contributed by atoms with E-state index in [2.05, 4.69) is 193 Å². The van der Waals surface area contributed by atoms with Crippen molar-refractivity contribution in [2.24, 2.45) is 0 Å².